The van der Waals surface area contributed by atoms with Gasteiger partial charge in [-0.3, -0.25) is 4.98 Å². The van der Waals surface area contributed by atoms with E-state index in [0.29, 0.717) is 10.5 Å². The molecule has 0 fully saturated rings. The molecule has 26 heavy (non-hydrogen) atoms. The van der Waals surface area contributed by atoms with E-state index in [2.05, 4.69) is 25.8 Å². The van der Waals surface area contributed by atoms with Crippen LogP contribution in [0.2, 0.25) is 0 Å². The minimum atomic E-state index is -0.924. The number of fused-ring (bicyclic) bond motifs is 3. The number of hydrogen-bond donors (Lipinski definition) is 1. The van der Waals surface area contributed by atoms with Crippen LogP contribution in [0.15, 0.2) is 33.7 Å². The Morgan fingerprint density at radius 2 is 2.12 bits per heavy atom. The van der Waals surface area contributed by atoms with Crippen molar-refractivity contribution in [2.45, 2.75) is 39.9 Å². The van der Waals surface area contributed by atoms with Crippen LogP contribution in [0, 0.1) is 12.3 Å². The molecule has 2 atom stereocenters. The Bertz CT molecular complexity index is 1040. The lowest BCUT2D eigenvalue weighted by atomic mass is 9.81. The maximum Gasteiger partial charge on any atom is 0.354 e. The number of aromatic nitrogens is 1. The summed E-state index contributed by atoms with van der Waals surface area (Å²) in [5.41, 5.74) is 2.27. The molecule has 2 unspecified atom stereocenters. The maximum absolute atomic E-state index is 12.6. The third kappa shape index (κ3) is 2.69. The van der Waals surface area contributed by atoms with Gasteiger partial charge in [0.1, 0.15) is 16.6 Å². The molecule has 0 spiro atoms. The summed E-state index contributed by atoms with van der Waals surface area (Å²) in [7, 11) is 0. The van der Waals surface area contributed by atoms with Gasteiger partial charge in [0.15, 0.2) is 0 Å². The second kappa shape index (κ2) is 6.01. The van der Waals surface area contributed by atoms with Crippen molar-refractivity contribution in [3.05, 3.63) is 51.8 Å². The number of pyridine rings is 1. The van der Waals surface area contributed by atoms with Crippen LogP contribution in [0.4, 0.5) is 0 Å². The number of nitrogens with zero attached hydrogens (tertiary/aromatic N) is 1. The number of aryl methyl sites for hydroxylation is 1. The number of aliphatic hydroxyl groups excluding tert-OH is 1. The molecule has 0 amide bonds. The molecule has 0 aliphatic carbocycles. The van der Waals surface area contributed by atoms with Crippen molar-refractivity contribution in [2.75, 3.05) is 6.61 Å². The third-order valence-corrected chi connectivity index (χ3v) is 5.88. The molecule has 136 valence electrons. The Labute approximate surface area is 155 Å². The Balaban J connectivity index is 2.03. The van der Waals surface area contributed by atoms with E-state index in [1.165, 1.54) is 11.3 Å². The molecule has 0 bridgehead atoms. The normalized spacial score (nSPS) is 20.3. The van der Waals surface area contributed by atoms with Gasteiger partial charge < -0.3 is 14.3 Å². The van der Waals surface area contributed by atoms with Crippen molar-refractivity contribution in [3.8, 4) is 10.4 Å². The molecule has 4 rings (SSSR count). The Morgan fingerprint density at radius 1 is 1.35 bits per heavy atom. The molecule has 0 saturated carbocycles. The molecule has 0 aromatic carbocycles. The molecule has 4 heterocycles. The van der Waals surface area contributed by atoms with Crippen LogP contribution in [0.1, 0.15) is 49.9 Å². The molecule has 3 aromatic rings. The van der Waals surface area contributed by atoms with E-state index >= 15 is 0 Å². The van der Waals surface area contributed by atoms with E-state index in [0.717, 1.165) is 27.0 Å². The summed E-state index contributed by atoms with van der Waals surface area (Å²) in [5, 5.41) is 11.1. The molecule has 3 aromatic heterocycles. The minimum absolute atomic E-state index is 0.129. The van der Waals surface area contributed by atoms with Crippen molar-refractivity contribution in [1.82, 2.24) is 4.98 Å². The van der Waals surface area contributed by atoms with E-state index < -0.39 is 11.7 Å². The number of aliphatic hydroxyl groups is 1. The van der Waals surface area contributed by atoms with Crippen molar-refractivity contribution < 1.29 is 14.3 Å². The number of rotatable bonds is 1. The molecular weight excluding hydrogens is 350 g/mol. The first-order valence-corrected chi connectivity index (χ1v) is 9.40. The van der Waals surface area contributed by atoms with Crippen LogP contribution in [-0.2, 0) is 4.74 Å². The molecular formula is C20H21NO4S. The second-order valence-electron chi connectivity index (χ2n) is 7.81. The maximum atomic E-state index is 12.6. The van der Waals surface area contributed by atoms with E-state index in [1.54, 1.807) is 6.20 Å². The van der Waals surface area contributed by atoms with Crippen molar-refractivity contribution in [3.63, 3.8) is 0 Å². The predicted octanol–water partition coefficient (Wildman–Crippen LogP) is 4.38. The van der Waals surface area contributed by atoms with E-state index in [9.17, 15) is 9.90 Å². The molecule has 1 N–H and O–H groups in total. The lowest BCUT2D eigenvalue weighted by Gasteiger charge is -2.36. The monoisotopic (exact) mass is 371 g/mol. The zero-order chi connectivity index (χ0) is 18.6. The van der Waals surface area contributed by atoms with Gasteiger partial charge in [0.05, 0.1) is 12.7 Å². The molecule has 6 heteroatoms. The van der Waals surface area contributed by atoms with Gasteiger partial charge in [0.25, 0.3) is 0 Å². The highest BCUT2D eigenvalue weighted by molar-refractivity contribution is 7.22. The highest BCUT2D eigenvalue weighted by atomic mass is 32.1. The quantitative estimate of drug-likeness (QED) is 0.687. The van der Waals surface area contributed by atoms with Gasteiger partial charge in [-0.2, -0.15) is 0 Å². The van der Waals surface area contributed by atoms with Crippen molar-refractivity contribution >= 4 is 21.4 Å². The Morgan fingerprint density at radius 3 is 2.81 bits per heavy atom. The standard InChI is InChI=1S/C20H21NO4S/c1-10-8-21-6-5-11(10)14-7-12-15-16(25-19(23)17(12)26-14)13(22)9-24-18(15)20(2,3)4/h5-8,13,18,22H,9H2,1-4H3. The van der Waals surface area contributed by atoms with E-state index in [1.807, 2.05) is 25.3 Å². The molecule has 0 saturated heterocycles. The smallest absolute Gasteiger partial charge is 0.354 e. The number of thiophene rings is 1. The first kappa shape index (κ1) is 17.4. The van der Waals surface area contributed by atoms with Gasteiger partial charge in [0.2, 0.25) is 0 Å². The average molecular weight is 371 g/mol. The zero-order valence-electron chi connectivity index (χ0n) is 15.2. The van der Waals surface area contributed by atoms with Gasteiger partial charge in [-0.05, 0) is 35.6 Å². The van der Waals surface area contributed by atoms with Gasteiger partial charge in [0, 0.05) is 28.2 Å². The van der Waals surface area contributed by atoms with Gasteiger partial charge in [-0.15, -0.1) is 11.3 Å². The first-order valence-electron chi connectivity index (χ1n) is 8.58. The summed E-state index contributed by atoms with van der Waals surface area (Å²) in [6.45, 7) is 8.36. The summed E-state index contributed by atoms with van der Waals surface area (Å²) in [6.07, 6.45) is 2.37. The van der Waals surface area contributed by atoms with Crippen LogP contribution in [-0.4, -0.2) is 16.7 Å². The van der Waals surface area contributed by atoms with Crippen LogP contribution >= 0.6 is 11.3 Å². The van der Waals surface area contributed by atoms with Crippen molar-refractivity contribution in [2.24, 2.45) is 5.41 Å². The summed E-state index contributed by atoms with van der Waals surface area (Å²) in [4.78, 5) is 17.7. The van der Waals surface area contributed by atoms with Crippen LogP contribution in [0.25, 0.3) is 20.5 Å². The third-order valence-electron chi connectivity index (χ3n) is 4.73. The minimum Gasteiger partial charge on any atom is -0.424 e. The Hall–Kier alpha value is -2.02. The van der Waals surface area contributed by atoms with E-state index in [4.69, 9.17) is 9.15 Å². The highest BCUT2D eigenvalue weighted by Gasteiger charge is 2.39. The fourth-order valence-corrected chi connectivity index (χ4v) is 4.65. The van der Waals surface area contributed by atoms with Gasteiger partial charge in [-0.1, -0.05) is 20.8 Å². The van der Waals surface area contributed by atoms with Gasteiger partial charge >= 0.3 is 5.63 Å². The molecule has 1 aliphatic rings. The van der Waals surface area contributed by atoms with Crippen molar-refractivity contribution in [1.29, 1.82) is 0 Å². The zero-order valence-corrected chi connectivity index (χ0v) is 16.0. The largest absolute Gasteiger partial charge is 0.424 e. The van der Waals surface area contributed by atoms with Crippen LogP contribution in [0.3, 0.4) is 0 Å². The summed E-state index contributed by atoms with van der Waals surface area (Å²) >= 11 is 1.41. The predicted molar refractivity (Wildman–Crippen MR) is 101 cm³/mol. The lowest BCUT2D eigenvalue weighted by Crippen LogP contribution is -2.30. The fraction of sp³-hybridized carbons (Fsp3) is 0.400. The first-order chi connectivity index (χ1) is 12.3. The lowest BCUT2D eigenvalue weighted by molar-refractivity contribution is -0.0837. The molecule has 0 radical (unpaired) electrons. The number of ether oxygens (including phenoxy) is 1. The fourth-order valence-electron chi connectivity index (χ4n) is 3.51. The van der Waals surface area contributed by atoms with Crippen LogP contribution < -0.4 is 5.63 Å². The molecule has 1 aliphatic heterocycles. The number of hydrogen-bond acceptors (Lipinski definition) is 6. The molecule has 5 nitrogen and oxygen atoms in total. The average Bonchev–Trinajstić information content (AvgIpc) is 3.01. The summed E-state index contributed by atoms with van der Waals surface area (Å²) in [6, 6.07) is 3.96. The summed E-state index contributed by atoms with van der Waals surface area (Å²) in [5.74, 6) is 0.337. The van der Waals surface area contributed by atoms with Gasteiger partial charge in [-0.25, -0.2) is 4.79 Å². The topological polar surface area (TPSA) is 72.6 Å². The van der Waals surface area contributed by atoms with Crippen LogP contribution in [0.5, 0.6) is 0 Å². The highest BCUT2D eigenvalue weighted by Crippen LogP contribution is 2.47. The SMILES string of the molecule is Cc1cnccc1-c1cc2c3c(oc(=O)c2s1)C(O)COC3C(C)(C)C. The van der Waals surface area contributed by atoms with E-state index in [-0.39, 0.29) is 18.1 Å². The second-order valence-corrected chi connectivity index (χ2v) is 8.86. The summed E-state index contributed by atoms with van der Waals surface area (Å²) < 4.78 is 12.1. The Kier molecular flexibility index (Phi) is 4.02.